The highest BCUT2D eigenvalue weighted by molar-refractivity contribution is 5.97. The van der Waals surface area contributed by atoms with Gasteiger partial charge in [0.1, 0.15) is 6.61 Å². The summed E-state index contributed by atoms with van der Waals surface area (Å²) in [6.07, 6.45) is 0. The van der Waals surface area contributed by atoms with Crippen molar-refractivity contribution in [3.63, 3.8) is 0 Å². The highest BCUT2D eigenvalue weighted by atomic mass is 19.1. The first-order valence-electron chi connectivity index (χ1n) is 9.19. The van der Waals surface area contributed by atoms with E-state index in [0.717, 1.165) is 5.56 Å². The average molecular weight is 386 g/mol. The fourth-order valence-electron chi connectivity index (χ4n) is 2.57. The van der Waals surface area contributed by atoms with Gasteiger partial charge in [-0.1, -0.05) is 51.1 Å². The molecule has 0 fully saturated rings. The van der Waals surface area contributed by atoms with E-state index in [1.807, 2.05) is 39.8 Å². The van der Waals surface area contributed by atoms with Gasteiger partial charge < -0.3 is 15.4 Å². The maximum absolute atomic E-state index is 13.7. The van der Waals surface area contributed by atoms with E-state index >= 15 is 0 Å². The van der Waals surface area contributed by atoms with Gasteiger partial charge in [-0.25, -0.2) is 4.39 Å². The minimum absolute atomic E-state index is 0.113. The third-order valence-electron chi connectivity index (χ3n) is 4.42. The van der Waals surface area contributed by atoms with E-state index in [-0.39, 0.29) is 42.2 Å². The van der Waals surface area contributed by atoms with Crippen molar-refractivity contribution in [1.29, 1.82) is 0 Å². The van der Waals surface area contributed by atoms with Gasteiger partial charge in [-0.15, -0.1) is 0 Å². The van der Waals surface area contributed by atoms with Crippen molar-refractivity contribution in [2.24, 2.45) is 5.41 Å². The Kier molecular flexibility index (Phi) is 7.15. The molecule has 2 aromatic rings. The molecular weight excluding hydrogens is 359 g/mol. The Morgan fingerprint density at radius 3 is 2.36 bits per heavy atom. The number of carbonyl (C=O) groups excluding carboxylic acids is 2. The number of hydrogen-bond acceptors (Lipinski definition) is 3. The van der Waals surface area contributed by atoms with Crippen LogP contribution in [-0.2, 0) is 4.79 Å². The fourth-order valence-corrected chi connectivity index (χ4v) is 2.57. The Morgan fingerprint density at radius 2 is 1.71 bits per heavy atom. The molecule has 150 valence electrons. The van der Waals surface area contributed by atoms with Gasteiger partial charge in [-0.3, -0.25) is 9.59 Å². The quantitative estimate of drug-likeness (QED) is 0.766. The molecule has 0 saturated carbocycles. The molecule has 2 aromatic carbocycles. The molecule has 0 aromatic heterocycles. The lowest BCUT2D eigenvalue weighted by Gasteiger charge is -2.31. The Labute approximate surface area is 165 Å². The number of aryl methyl sites for hydroxylation is 1. The van der Waals surface area contributed by atoms with Crippen LogP contribution in [0.5, 0.6) is 5.75 Å². The molecule has 1 unspecified atom stereocenters. The van der Waals surface area contributed by atoms with E-state index in [0.29, 0.717) is 5.56 Å². The van der Waals surface area contributed by atoms with Gasteiger partial charge in [0.25, 0.3) is 5.91 Å². The summed E-state index contributed by atoms with van der Waals surface area (Å²) in [5, 5.41) is 5.49. The lowest BCUT2D eigenvalue weighted by Crippen LogP contribution is -2.50. The molecule has 0 radical (unpaired) electrons. The zero-order valence-electron chi connectivity index (χ0n) is 16.7. The Balaban J connectivity index is 1.93. The smallest absolute Gasteiger partial charge is 0.251 e. The largest absolute Gasteiger partial charge is 0.488 e. The molecule has 0 aliphatic carbocycles. The van der Waals surface area contributed by atoms with Gasteiger partial charge in [0.05, 0.1) is 12.6 Å². The number of carbonyl (C=O) groups is 2. The number of hydrogen-bond donors (Lipinski definition) is 2. The standard InChI is InChI=1S/C22H27FN2O3/c1-15-9-5-6-10-16(15)21(27)24-13-20(26)25-19(22(2,3)4)14-28-18-12-8-7-11-17(18)23/h5-12,19H,13-14H2,1-4H3,(H,24,27)(H,25,26). The zero-order chi connectivity index (χ0) is 20.7. The number of ether oxygens (including phenoxy) is 1. The van der Waals surface area contributed by atoms with Crippen LogP contribution < -0.4 is 15.4 Å². The number of halogens is 1. The monoisotopic (exact) mass is 386 g/mol. The number of nitrogens with one attached hydrogen (secondary N) is 2. The number of benzene rings is 2. The van der Waals surface area contributed by atoms with Crippen LogP contribution in [0.3, 0.4) is 0 Å². The summed E-state index contributed by atoms with van der Waals surface area (Å²) in [5.74, 6) is -0.951. The van der Waals surface area contributed by atoms with E-state index < -0.39 is 5.82 Å². The van der Waals surface area contributed by atoms with E-state index in [1.54, 1.807) is 30.3 Å². The van der Waals surface area contributed by atoms with E-state index in [1.165, 1.54) is 6.07 Å². The third-order valence-corrected chi connectivity index (χ3v) is 4.42. The molecule has 0 saturated heterocycles. The average Bonchev–Trinajstić information content (AvgIpc) is 2.63. The third kappa shape index (κ3) is 6.08. The van der Waals surface area contributed by atoms with Crippen LogP contribution in [0.1, 0.15) is 36.7 Å². The molecule has 28 heavy (non-hydrogen) atoms. The van der Waals surface area contributed by atoms with Crippen LogP contribution in [0.15, 0.2) is 48.5 Å². The van der Waals surface area contributed by atoms with Crippen molar-refractivity contribution in [2.45, 2.75) is 33.7 Å². The molecule has 1 atom stereocenters. The Morgan fingerprint density at radius 1 is 1.07 bits per heavy atom. The topological polar surface area (TPSA) is 67.4 Å². The first-order valence-corrected chi connectivity index (χ1v) is 9.19. The second-order valence-electron chi connectivity index (χ2n) is 7.73. The maximum atomic E-state index is 13.7. The van der Waals surface area contributed by atoms with Crippen LogP contribution >= 0.6 is 0 Å². The summed E-state index contributed by atoms with van der Waals surface area (Å²) in [4.78, 5) is 24.6. The van der Waals surface area contributed by atoms with Gasteiger partial charge in [0.2, 0.25) is 5.91 Å². The van der Waals surface area contributed by atoms with Crippen molar-refractivity contribution < 1.29 is 18.7 Å². The first-order chi connectivity index (χ1) is 13.2. The van der Waals surface area contributed by atoms with Gasteiger partial charge in [0.15, 0.2) is 11.6 Å². The van der Waals surface area contributed by atoms with Crippen LogP contribution in [0.25, 0.3) is 0 Å². The minimum Gasteiger partial charge on any atom is -0.488 e. The van der Waals surface area contributed by atoms with E-state index in [9.17, 15) is 14.0 Å². The van der Waals surface area contributed by atoms with Crippen molar-refractivity contribution in [3.05, 3.63) is 65.5 Å². The van der Waals surface area contributed by atoms with Crippen LogP contribution in [0.4, 0.5) is 4.39 Å². The molecule has 5 nitrogen and oxygen atoms in total. The lowest BCUT2D eigenvalue weighted by atomic mass is 9.87. The Bertz CT molecular complexity index is 831. The summed E-state index contributed by atoms with van der Waals surface area (Å²) in [5.41, 5.74) is 1.05. The van der Waals surface area contributed by atoms with Gasteiger partial charge in [-0.05, 0) is 36.1 Å². The molecule has 0 aliphatic rings. The summed E-state index contributed by atoms with van der Waals surface area (Å²) in [6.45, 7) is 7.66. The molecular formula is C22H27FN2O3. The second-order valence-corrected chi connectivity index (χ2v) is 7.73. The molecule has 0 heterocycles. The van der Waals surface area contributed by atoms with E-state index in [4.69, 9.17) is 4.74 Å². The summed E-state index contributed by atoms with van der Waals surface area (Å²) in [6, 6.07) is 12.9. The molecule has 2 N–H and O–H groups in total. The summed E-state index contributed by atoms with van der Waals surface area (Å²) < 4.78 is 19.3. The van der Waals surface area contributed by atoms with Gasteiger partial charge in [-0.2, -0.15) is 0 Å². The SMILES string of the molecule is Cc1ccccc1C(=O)NCC(=O)NC(COc1ccccc1F)C(C)(C)C. The molecule has 6 heteroatoms. The minimum atomic E-state index is -0.452. The second kappa shape index (κ2) is 9.35. The van der Waals surface area contributed by atoms with Crippen molar-refractivity contribution in [3.8, 4) is 5.75 Å². The first kappa shape index (κ1) is 21.4. The predicted octanol–water partition coefficient (Wildman–Crippen LogP) is 3.47. The lowest BCUT2D eigenvalue weighted by molar-refractivity contribution is -0.121. The number of rotatable bonds is 7. The molecule has 0 bridgehead atoms. The van der Waals surface area contributed by atoms with Crippen molar-refractivity contribution >= 4 is 11.8 Å². The molecule has 2 rings (SSSR count). The van der Waals surface area contributed by atoms with Crippen LogP contribution in [0.2, 0.25) is 0 Å². The fraction of sp³-hybridized carbons (Fsp3) is 0.364. The van der Waals surface area contributed by atoms with Crippen LogP contribution in [-0.4, -0.2) is 31.0 Å². The molecule has 2 amide bonds. The van der Waals surface area contributed by atoms with Crippen LogP contribution in [0, 0.1) is 18.2 Å². The van der Waals surface area contributed by atoms with Gasteiger partial charge >= 0.3 is 0 Å². The summed E-state index contributed by atoms with van der Waals surface area (Å²) in [7, 11) is 0. The number of para-hydroxylation sites is 1. The molecule has 0 aliphatic heterocycles. The Hall–Kier alpha value is -2.89. The van der Waals surface area contributed by atoms with Gasteiger partial charge in [0, 0.05) is 5.56 Å². The summed E-state index contributed by atoms with van der Waals surface area (Å²) >= 11 is 0. The highest BCUT2D eigenvalue weighted by Gasteiger charge is 2.27. The van der Waals surface area contributed by atoms with E-state index in [2.05, 4.69) is 10.6 Å². The number of amides is 2. The van der Waals surface area contributed by atoms with Crippen molar-refractivity contribution in [2.75, 3.05) is 13.2 Å². The zero-order valence-corrected chi connectivity index (χ0v) is 16.7. The normalized spacial score (nSPS) is 12.2. The maximum Gasteiger partial charge on any atom is 0.251 e. The van der Waals surface area contributed by atoms with Crippen molar-refractivity contribution in [1.82, 2.24) is 10.6 Å². The predicted molar refractivity (Wildman–Crippen MR) is 107 cm³/mol. The highest BCUT2D eigenvalue weighted by Crippen LogP contribution is 2.22. The molecule has 0 spiro atoms.